The van der Waals surface area contributed by atoms with E-state index in [-0.39, 0.29) is 5.91 Å². The minimum Gasteiger partial charge on any atom is -0.324 e. The Hall–Kier alpha value is -3.32. The molecular formula is C20H17N3O. The number of carbonyl (C=O) groups is 1. The predicted molar refractivity (Wildman–Crippen MR) is 94.2 cm³/mol. The molecule has 3 aromatic rings. The van der Waals surface area contributed by atoms with Crippen LogP contribution in [0.3, 0.4) is 0 Å². The number of nitrogens with one attached hydrogen (secondary N) is 1. The van der Waals surface area contributed by atoms with Crippen LogP contribution in [-0.2, 0) is 6.42 Å². The SMILES string of the molecule is Cc1ccc(C(=O)Nc2ccc(CC#N)cc2)cc1-n1cccc1. The van der Waals surface area contributed by atoms with Gasteiger partial charge in [0, 0.05) is 29.3 Å². The largest absolute Gasteiger partial charge is 0.324 e. The van der Waals surface area contributed by atoms with Gasteiger partial charge in [0.2, 0.25) is 0 Å². The molecule has 0 unspecified atom stereocenters. The third-order valence-electron chi connectivity index (χ3n) is 3.85. The molecule has 0 radical (unpaired) electrons. The van der Waals surface area contributed by atoms with Gasteiger partial charge >= 0.3 is 0 Å². The Labute approximate surface area is 141 Å². The molecule has 1 N–H and O–H groups in total. The monoisotopic (exact) mass is 315 g/mol. The van der Waals surface area contributed by atoms with Gasteiger partial charge in [-0.25, -0.2) is 0 Å². The summed E-state index contributed by atoms with van der Waals surface area (Å²) in [7, 11) is 0. The summed E-state index contributed by atoms with van der Waals surface area (Å²) in [6, 6.07) is 19.0. The number of rotatable bonds is 4. The summed E-state index contributed by atoms with van der Waals surface area (Å²) in [5.74, 6) is -0.156. The first kappa shape index (κ1) is 15.6. The van der Waals surface area contributed by atoms with Gasteiger partial charge in [0.25, 0.3) is 5.91 Å². The lowest BCUT2D eigenvalue weighted by Gasteiger charge is -2.11. The number of carbonyl (C=O) groups excluding carboxylic acids is 1. The van der Waals surface area contributed by atoms with Crippen LogP contribution in [0, 0.1) is 18.3 Å². The zero-order valence-corrected chi connectivity index (χ0v) is 13.4. The molecule has 1 heterocycles. The van der Waals surface area contributed by atoms with E-state index >= 15 is 0 Å². The Bertz CT molecular complexity index is 888. The number of hydrogen-bond donors (Lipinski definition) is 1. The summed E-state index contributed by atoms with van der Waals surface area (Å²) < 4.78 is 1.99. The second kappa shape index (κ2) is 6.84. The quantitative estimate of drug-likeness (QED) is 0.788. The van der Waals surface area contributed by atoms with E-state index < -0.39 is 0 Å². The third kappa shape index (κ3) is 3.36. The maximum Gasteiger partial charge on any atom is 0.255 e. The van der Waals surface area contributed by atoms with Crippen molar-refractivity contribution in [1.29, 1.82) is 5.26 Å². The molecule has 0 aliphatic rings. The standard InChI is InChI=1S/C20H17N3O/c1-15-4-7-17(14-19(15)23-12-2-3-13-23)20(24)22-18-8-5-16(6-9-18)10-11-21/h2-9,12-14H,10H2,1H3,(H,22,24). The highest BCUT2D eigenvalue weighted by atomic mass is 16.1. The molecule has 4 nitrogen and oxygen atoms in total. The van der Waals surface area contributed by atoms with Crippen LogP contribution in [0.25, 0.3) is 5.69 Å². The molecule has 0 fully saturated rings. The van der Waals surface area contributed by atoms with Crippen molar-refractivity contribution in [3.05, 3.63) is 83.7 Å². The molecule has 0 aliphatic heterocycles. The number of hydrogen-bond acceptors (Lipinski definition) is 2. The lowest BCUT2D eigenvalue weighted by Crippen LogP contribution is -2.12. The van der Waals surface area contributed by atoms with Crippen molar-refractivity contribution in [2.24, 2.45) is 0 Å². The van der Waals surface area contributed by atoms with Gasteiger partial charge in [0.05, 0.1) is 12.5 Å². The van der Waals surface area contributed by atoms with E-state index in [1.165, 1.54) is 0 Å². The van der Waals surface area contributed by atoms with Gasteiger partial charge in [-0.3, -0.25) is 4.79 Å². The van der Waals surface area contributed by atoms with Gasteiger partial charge < -0.3 is 9.88 Å². The highest BCUT2D eigenvalue weighted by Crippen LogP contribution is 2.18. The summed E-state index contributed by atoms with van der Waals surface area (Å²) >= 11 is 0. The minimum atomic E-state index is -0.156. The molecule has 0 spiro atoms. The van der Waals surface area contributed by atoms with E-state index in [9.17, 15) is 4.79 Å². The lowest BCUT2D eigenvalue weighted by molar-refractivity contribution is 0.102. The molecule has 3 rings (SSSR count). The molecule has 0 saturated carbocycles. The summed E-state index contributed by atoms with van der Waals surface area (Å²) in [5, 5.41) is 11.6. The van der Waals surface area contributed by atoms with Gasteiger partial charge in [-0.15, -0.1) is 0 Å². The Balaban J connectivity index is 1.80. The van der Waals surface area contributed by atoms with Crippen LogP contribution in [-0.4, -0.2) is 10.5 Å². The Morgan fingerprint density at radius 1 is 1.12 bits per heavy atom. The molecule has 24 heavy (non-hydrogen) atoms. The fourth-order valence-electron chi connectivity index (χ4n) is 2.52. The molecule has 1 amide bonds. The smallest absolute Gasteiger partial charge is 0.255 e. The summed E-state index contributed by atoms with van der Waals surface area (Å²) in [5.41, 5.74) is 4.33. The first-order chi connectivity index (χ1) is 11.7. The first-order valence-electron chi connectivity index (χ1n) is 7.68. The van der Waals surface area contributed by atoms with Crippen LogP contribution < -0.4 is 5.32 Å². The Morgan fingerprint density at radius 3 is 2.50 bits per heavy atom. The molecule has 0 atom stereocenters. The zero-order valence-electron chi connectivity index (χ0n) is 13.4. The van der Waals surface area contributed by atoms with Gasteiger partial charge in [0.1, 0.15) is 0 Å². The highest BCUT2D eigenvalue weighted by molar-refractivity contribution is 6.04. The summed E-state index contributed by atoms with van der Waals surface area (Å²) in [6.45, 7) is 2.02. The Kier molecular flexibility index (Phi) is 4.44. The van der Waals surface area contributed by atoms with E-state index in [0.29, 0.717) is 17.7 Å². The molecule has 4 heteroatoms. The molecule has 0 aliphatic carbocycles. The van der Waals surface area contributed by atoms with E-state index in [4.69, 9.17) is 5.26 Å². The number of benzene rings is 2. The molecular weight excluding hydrogens is 298 g/mol. The van der Waals surface area contributed by atoms with Crippen molar-refractivity contribution >= 4 is 11.6 Å². The summed E-state index contributed by atoms with van der Waals surface area (Å²) in [6.07, 6.45) is 4.28. The average molecular weight is 315 g/mol. The van der Waals surface area contributed by atoms with Crippen LogP contribution in [0.15, 0.2) is 67.0 Å². The van der Waals surface area contributed by atoms with E-state index in [2.05, 4.69) is 11.4 Å². The number of amides is 1. The maximum absolute atomic E-state index is 12.5. The van der Waals surface area contributed by atoms with Crippen molar-refractivity contribution in [3.63, 3.8) is 0 Å². The predicted octanol–water partition coefficient (Wildman–Crippen LogP) is 4.10. The number of anilines is 1. The number of aryl methyl sites for hydroxylation is 1. The van der Waals surface area contributed by atoms with Gasteiger partial charge in [-0.05, 0) is 54.4 Å². The number of nitrogens with zero attached hydrogens (tertiary/aromatic N) is 2. The van der Waals surface area contributed by atoms with E-state index in [1.54, 1.807) is 0 Å². The zero-order chi connectivity index (χ0) is 16.9. The normalized spacial score (nSPS) is 10.2. The lowest BCUT2D eigenvalue weighted by atomic mass is 10.1. The van der Waals surface area contributed by atoms with Crippen LogP contribution in [0.1, 0.15) is 21.5 Å². The van der Waals surface area contributed by atoms with Gasteiger partial charge in [-0.2, -0.15) is 5.26 Å². The van der Waals surface area contributed by atoms with Crippen LogP contribution in [0.4, 0.5) is 5.69 Å². The topological polar surface area (TPSA) is 57.8 Å². The molecule has 2 aromatic carbocycles. The Morgan fingerprint density at radius 2 is 1.83 bits per heavy atom. The third-order valence-corrected chi connectivity index (χ3v) is 3.85. The van der Waals surface area contributed by atoms with Crippen LogP contribution >= 0.6 is 0 Å². The molecule has 0 saturated heterocycles. The fourth-order valence-corrected chi connectivity index (χ4v) is 2.52. The average Bonchev–Trinajstić information content (AvgIpc) is 3.11. The summed E-state index contributed by atoms with van der Waals surface area (Å²) in [4.78, 5) is 12.5. The van der Waals surface area contributed by atoms with Crippen molar-refractivity contribution in [3.8, 4) is 11.8 Å². The van der Waals surface area contributed by atoms with Gasteiger partial charge in [-0.1, -0.05) is 18.2 Å². The van der Waals surface area contributed by atoms with Crippen LogP contribution in [0.5, 0.6) is 0 Å². The van der Waals surface area contributed by atoms with Crippen molar-refractivity contribution in [1.82, 2.24) is 4.57 Å². The fraction of sp³-hybridized carbons (Fsp3) is 0.100. The maximum atomic E-state index is 12.5. The first-order valence-corrected chi connectivity index (χ1v) is 7.68. The van der Waals surface area contributed by atoms with Crippen molar-refractivity contribution in [2.45, 2.75) is 13.3 Å². The number of aromatic nitrogens is 1. The second-order valence-electron chi connectivity index (χ2n) is 5.58. The second-order valence-corrected chi connectivity index (χ2v) is 5.58. The minimum absolute atomic E-state index is 0.156. The van der Waals surface area contributed by atoms with E-state index in [0.717, 1.165) is 16.8 Å². The van der Waals surface area contributed by atoms with Crippen molar-refractivity contribution in [2.75, 3.05) is 5.32 Å². The molecule has 118 valence electrons. The highest BCUT2D eigenvalue weighted by Gasteiger charge is 2.09. The number of nitriles is 1. The van der Waals surface area contributed by atoms with Crippen LogP contribution in [0.2, 0.25) is 0 Å². The van der Waals surface area contributed by atoms with Gasteiger partial charge in [0.15, 0.2) is 0 Å². The molecule has 0 bridgehead atoms. The molecule has 1 aromatic heterocycles. The van der Waals surface area contributed by atoms with Crippen molar-refractivity contribution < 1.29 is 4.79 Å². The van der Waals surface area contributed by atoms with E-state index in [1.807, 2.05) is 78.5 Å².